The van der Waals surface area contributed by atoms with E-state index in [4.69, 9.17) is 11.6 Å². The zero-order valence-electron chi connectivity index (χ0n) is 11.1. The molecular formula is C14H19ClN2O. The van der Waals surface area contributed by atoms with Gasteiger partial charge in [-0.15, -0.1) is 0 Å². The topological polar surface area (TPSA) is 33.2 Å². The number of nitrogens with zero attached hydrogens (tertiary/aromatic N) is 2. The molecule has 4 heteroatoms. The van der Waals surface area contributed by atoms with Gasteiger partial charge in [-0.2, -0.15) is 0 Å². The lowest BCUT2D eigenvalue weighted by Crippen LogP contribution is -2.48. The zero-order valence-corrected chi connectivity index (χ0v) is 11.8. The number of piperidine rings is 1. The third-order valence-corrected chi connectivity index (χ3v) is 4.16. The van der Waals surface area contributed by atoms with Gasteiger partial charge >= 0.3 is 0 Å². The molecule has 0 radical (unpaired) electrons. The molecule has 0 spiro atoms. The number of halogens is 1. The standard InChI is InChI=1S/C14H19ClN2O/c1-9-6-10(2)11(3)17(8-9)14(18)12-4-5-16-7-13(12)15/h4-5,7,9-11H,6,8H2,1-3H3. The van der Waals surface area contributed by atoms with Crippen LogP contribution >= 0.6 is 11.6 Å². The van der Waals surface area contributed by atoms with Crippen LogP contribution in [-0.4, -0.2) is 28.4 Å². The quantitative estimate of drug-likeness (QED) is 0.782. The van der Waals surface area contributed by atoms with Crippen LogP contribution < -0.4 is 0 Å². The molecule has 18 heavy (non-hydrogen) atoms. The molecule has 2 heterocycles. The van der Waals surface area contributed by atoms with E-state index in [0.29, 0.717) is 22.4 Å². The van der Waals surface area contributed by atoms with Crippen molar-refractivity contribution in [3.05, 3.63) is 29.0 Å². The van der Waals surface area contributed by atoms with Crippen LogP contribution in [0.15, 0.2) is 18.5 Å². The number of aromatic nitrogens is 1. The Morgan fingerprint density at radius 3 is 2.83 bits per heavy atom. The van der Waals surface area contributed by atoms with Crippen molar-refractivity contribution in [2.45, 2.75) is 33.2 Å². The Labute approximate surface area is 113 Å². The molecule has 0 saturated carbocycles. The molecule has 1 aliphatic rings. The second kappa shape index (κ2) is 5.27. The van der Waals surface area contributed by atoms with Gasteiger partial charge in [-0.3, -0.25) is 9.78 Å². The summed E-state index contributed by atoms with van der Waals surface area (Å²) in [7, 11) is 0. The average molecular weight is 267 g/mol. The molecule has 1 aromatic heterocycles. The van der Waals surface area contributed by atoms with Crippen LogP contribution in [0.3, 0.4) is 0 Å². The number of amides is 1. The van der Waals surface area contributed by atoms with E-state index in [1.807, 2.05) is 4.90 Å². The fourth-order valence-electron chi connectivity index (χ4n) is 2.69. The Balaban J connectivity index is 2.25. The lowest BCUT2D eigenvalue weighted by molar-refractivity contribution is 0.0456. The largest absolute Gasteiger partial charge is 0.335 e. The Bertz CT molecular complexity index is 449. The summed E-state index contributed by atoms with van der Waals surface area (Å²) in [6.45, 7) is 7.32. The smallest absolute Gasteiger partial charge is 0.255 e. The van der Waals surface area contributed by atoms with Crippen molar-refractivity contribution >= 4 is 17.5 Å². The van der Waals surface area contributed by atoms with Gasteiger partial charge in [-0.25, -0.2) is 0 Å². The number of hydrogen-bond acceptors (Lipinski definition) is 2. The van der Waals surface area contributed by atoms with Crippen LogP contribution in [0, 0.1) is 11.8 Å². The minimum absolute atomic E-state index is 0.0216. The molecule has 3 nitrogen and oxygen atoms in total. The van der Waals surface area contributed by atoms with Gasteiger partial charge in [0.05, 0.1) is 10.6 Å². The van der Waals surface area contributed by atoms with Crippen molar-refractivity contribution in [2.75, 3.05) is 6.54 Å². The molecule has 3 unspecified atom stereocenters. The highest BCUT2D eigenvalue weighted by Gasteiger charge is 2.32. The van der Waals surface area contributed by atoms with Crippen molar-refractivity contribution < 1.29 is 4.79 Å². The van der Waals surface area contributed by atoms with Gasteiger partial charge < -0.3 is 4.90 Å². The Hall–Kier alpha value is -1.09. The lowest BCUT2D eigenvalue weighted by Gasteiger charge is -2.41. The summed E-state index contributed by atoms with van der Waals surface area (Å²) in [6, 6.07) is 1.96. The van der Waals surface area contributed by atoms with E-state index >= 15 is 0 Å². The zero-order chi connectivity index (χ0) is 13.3. The number of hydrogen-bond donors (Lipinski definition) is 0. The third-order valence-electron chi connectivity index (χ3n) is 3.86. The predicted molar refractivity (Wildman–Crippen MR) is 72.7 cm³/mol. The molecular weight excluding hydrogens is 248 g/mol. The van der Waals surface area contributed by atoms with Gasteiger partial charge in [0.15, 0.2) is 0 Å². The summed E-state index contributed by atoms with van der Waals surface area (Å²) in [5.41, 5.74) is 0.555. The van der Waals surface area contributed by atoms with Gasteiger partial charge in [0, 0.05) is 25.0 Å². The van der Waals surface area contributed by atoms with Gasteiger partial charge in [-0.1, -0.05) is 25.4 Å². The van der Waals surface area contributed by atoms with Crippen LogP contribution in [0.2, 0.25) is 5.02 Å². The Morgan fingerprint density at radius 2 is 2.17 bits per heavy atom. The second-order valence-corrected chi connectivity index (χ2v) is 5.78. The molecule has 0 aromatic carbocycles. The van der Waals surface area contributed by atoms with Gasteiger partial charge in [0.1, 0.15) is 0 Å². The molecule has 1 aromatic rings. The molecule has 1 aliphatic heterocycles. The normalized spacial score (nSPS) is 28.2. The number of carbonyl (C=O) groups is 1. The molecule has 2 rings (SSSR count). The summed E-state index contributed by atoms with van der Waals surface area (Å²) in [4.78, 5) is 18.4. The van der Waals surface area contributed by atoms with E-state index in [-0.39, 0.29) is 11.9 Å². The first kappa shape index (κ1) is 13.3. The van der Waals surface area contributed by atoms with Crippen LogP contribution in [0.5, 0.6) is 0 Å². The van der Waals surface area contributed by atoms with E-state index in [1.165, 1.54) is 12.6 Å². The van der Waals surface area contributed by atoms with E-state index < -0.39 is 0 Å². The molecule has 1 amide bonds. The van der Waals surface area contributed by atoms with E-state index in [9.17, 15) is 4.79 Å². The number of carbonyl (C=O) groups excluding carboxylic acids is 1. The number of likely N-dealkylation sites (tertiary alicyclic amines) is 1. The fraction of sp³-hybridized carbons (Fsp3) is 0.571. The van der Waals surface area contributed by atoms with E-state index in [1.54, 1.807) is 12.3 Å². The van der Waals surface area contributed by atoms with Crippen molar-refractivity contribution in [2.24, 2.45) is 11.8 Å². The van der Waals surface area contributed by atoms with Crippen molar-refractivity contribution in [1.29, 1.82) is 0 Å². The predicted octanol–water partition coefficient (Wildman–Crippen LogP) is 3.24. The highest BCUT2D eigenvalue weighted by Crippen LogP contribution is 2.29. The number of rotatable bonds is 1. The highest BCUT2D eigenvalue weighted by molar-refractivity contribution is 6.33. The monoisotopic (exact) mass is 266 g/mol. The van der Waals surface area contributed by atoms with E-state index in [0.717, 1.165) is 6.54 Å². The number of pyridine rings is 1. The van der Waals surface area contributed by atoms with Gasteiger partial charge in [-0.05, 0) is 31.2 Å². The molecule has 0 N–H and O–H groups in total. The van der Waals surface area contributed by atoms with Crippen LogP contribution in [0.25, 0.3) is 0 Å². The van der Waals surface area contributed by atoms with Crippen molar-refractivity contribution in [1.82, 2.24) is 9.88 Å². The molecule has 0 aliphatic carbocycles. The van der Waals surface area contributed by atoms with Gasteiger partial charge in [0.25, 0.3) is 5.91 Å². The lowest BCUT2D eigenvalue weighted by atomic mass is 9.85. The summed E-state index contributed by atoms with van der Waals surface area (Å²) >= 11 is 6.05. The molecule has 0 bridgehead atoms. The summed E-state index contributed by atoms with van der Waals surface area (Å²) in [6.07, 6.45) is 4.31. The first-order valence-corrected chi connectivity index (χ1v) is 6.79. The van der Waals surface area contributed by atoms with Crippen molar-refractivity contribution in [3.63, 3.8) is 0 Å². The van der Waals surface area contributed by atoms with E-state index in [2.05, 4.69) is 25.8 Å². The molecule has 1 saturated heterocycles. The summed E-state index contributed by atoms with van der Waals surface area (Å²) in [5, 5.41) is 0.431. The first-order chi connectivity index (χ1) is 8.50. The highest BCUT2D eigenvalue weighted by atomic mass is 35.5. The van der Waals surface area contributed by atoms with Crippen LogP contribution in [0.4, 0.5) is 0 Å². The fourth-order valence-corrected chi connectivity index (χ4v) is 2.89. The van der Waals surface area contributed by atoms with Crippen LogP contribution in [0.1, 0.15) is 37.6 Å². The Kier molecular flexibility index (Phi) is 3.91. The molecule has 1 fully saturated rings. The minimum atomic E-state index is 0.0216. The maximum Gasteiger partial charge on any atom is 0.255 e. The Morgan fingerprint density at radius 1 is 1.44 bits per heavy atom. The van der Waals surface area contributed by atoms with Crippen molar-refractivity contribution in [3.8, 4) is 0 Å². The summed E-state index contributed by atoms with van der Waals surface area (Å²) in [5.74, 6) is 1.09. The average Bonchev–Trinajstić information content (AvgIpc) is 2.33. The maximum absolute atomic E-state index is 12.5. The minimum Gasteiger partial charge on any atom is -0.335 e. The molecule has 3 atom stereocenters. The third kappa shape index (κ3) is 2.51. The maximum atomic E-state index is 12.5. The molecule has 98 valence electrons. The van der Waals surface area contributed by atoms with Crippen LogP contribution in [-0.2, 0) is 0 Å². The SMILES string of the molecule is CC1CC(C)C(C)N(C(=O)c2ccncc2Cl)C1. The van der Waals surface area contributed by atoms with Gasteiger partial charge in [0.2, 0.25) is 0 Å². The summed E-state index contributed by atoms with van der Waals surface area (Å²) < 4.78 is 0. The first-order valence-electron chi connectivity index (χ1n) is 6.41. The second-order valence-electron chi connectivity index (χ2n) is 5.37.